The smallest absolute Gasteiger partial charge is 0.416 e. The highest BCUT2D eigenvalue weighted by atomic mass is 31.2. The van der Waals surface area contributed by atoms with Gasteiger partial charge in [0.15, 0.2) is 7.60 Å². The van der Waals surface area contributed by atoms with Crippen LogP contribution >= 0.6 is 7.60 Å². The Kier molecular flexibility index (Phi) is 3.11. The minimum Gasteiger partial charge on any atom is -0.769 e. The first-order chi connectivity index (χ1) is 6.68. The fraction of sp³-hybridized carbons (Fsp3) is 0.250. The number of benzene rings is 1. The summed E-state index contributed by atoms with van der Waals surface area (Å²) >= 11 is 0. The Hall–Kier alpha value is -1.00. The van der Waals surface area contributed by atoms with Crippen molar-refractivity contribution < 1.29 is 27.2 Å². The van der Waals surface area contributed by atoms with E-state index in [0.717, 1.165) is 30.9 Å². The summed E-state index contributed by atoms with van der Waals surface area (Å²) in [5.74, 6) is -0.135. The van der Waals surface area contributed by atoms with E-state index in [9.17, 15) is 22.6 Å². The SMILES string of the molecule is CP(=O)([O-])Oc1ccc(C(F)(F)F)cc1. The summed E-state index contributed by atoms with van der Waals surface area (Å²) in [5, 5.41) is 0. The van der Waals surface area contributed by atoms with Crippen molar-refractivity contribution >= 4 is 7.60 Å². The maximum absolute atomic E-state index is 12.1. The Morgan fingerprint density at radius 3 is 2.07 bits per heavy atom. The molecule has 0 saturated carbocycles. The van der Waals surface area contributed by atoms with Crippen LogP contribution in [0.5, 0.6) is 5.75 Å². The lowest BCUT2D eigenvalue weighted by Crippen LogP contribution is -2.06. The van der Waals surface area contributed by atoms with Gasteiger partial charge in [-0.3, -0.25) is 4.57 Å². The van der Waals surface area contributed by atoms with Crippen molar-refractivity contribution in [1.82, 2.24) is 0 Å². The second kappa shape index (κ2) is 3.87. The summed E-state index contributed by atoms with van der Waals surface area (Å²) in [6.07, 6.45) is -4.44. The first-order valence-electron chi connectivity index (χ1n) is 3.84. The van der Waals surface area contributed by atoms with Crippen molar-refractivity contribution in [1.29, 1.82) is 0 Å². The van der Waals surface area contributed by atoms with Gasteiger partial charge in [-0.05, 0) is 24.3 Å². The molecule has 1 atom stereocenters. The molecule has 0 fully saturated rings. The zero-order valence-electron chi connectivity index (χ0n) is 7.62. The Morgan fingerprint density at radius 1 is 1.27 bits per heavy atom. The molecule has 3 nitrogen and oxygen atoms in total. The van der Waals surface area contributed by atoms with E-state index in [1.165, 1.54) is 0 Å². The molecule has 7 heteroatoms. The zero-order chi connectivity index (χ0) is 11.7. The number of hydrogen-bond donors (Lipinski definition) is 0. The first-order valence-corrected chi connectivity index (χ1v) is 5.83. The van der Waals surface area contributed by atoms with Gasteiger partial charge in [0.25, 0.3) is 0 Å². The predicted octanol–water partition coefficient (Wildman–Crippen LogP) is 2.27. The van der Waals surface area contributed by atoms with Crippen LogP contribution in [0.15, 0.2) is 24.3 Å². The quantitative estimate of drug-likeness (QED) is 0.744. The lowest BCUT2D eigenvalue weighted by atomic mass is 10.2. The summed E-state index contributed by atoms with van der Waals surface area (Å²) < 4.78 is 51.4. The van der Waals surface area contributed by atoms with Crippen molar-refractivity contribution in [2.45, 2.75) is 6.18 Å². The monoisotopic (exact) mass is 239 g/mol. The third kappa shape index (κ3) is 3.93. The van der Waals surface area contributed by atoms with Gasteiger partial charge < -0.3 is 9.42 Å². The van der Waals surface area contributed by atoms with E-state index in [1.807, 2.05) is 0 Å². The second-order valence-electron chi connectivity index (χ2n) is 2.88. The van der Waals surface area contributed by atoms with Gasteiger partial charge in [-0.15, -0.1) is 0 Å². The van der Waals surface area contributed by atoms with Gasteiger partial charge in [-0.25, -0.2) is 0 Å². The highest BCUT2D eigenvalue weighted by molar-refractivity contribution is 7.50. The lowest BCUT2D eigenvalue weighted by molar-refractivity contribution is -0.188. The van der Waals surface area contributed by atoms with Crippen LogP contribution in [0.4, 0.5) is 13.2 Å². The van der Waals surface area contributed by atoms with Crippen molar-refractivity contribution in [2.75, 3.05) is 6.66 Å². The Bertz CT molecular complexity index is 379. The van der Waals surface area contributed by atoms with Gasteiger partial charge in [0.1, 0.15) is 5.75 Å². The third-order valence-corrected chi connectivity index (χ3v) is 2.00. The highest BCUT2D eigenvalue weighted by Crippen LogP contribution is 2.35. The fourth-order valence-electron chi connectivity index (χ4n) is 0.896. The zero-order valence-corrected chi connectivity index (χ0v) is 8.51. The van der Waals surface area contributed by atoms with Crippen LogP contribution in [-0.4, -0.2) is 6.66 Å². The standard InChI is InChI=1S/C8H8F3O3P/c1-15(12,13)14-7-4-2-6(3-5-7)8(9,10)11/h2-5H,1H3,(H,12,13)/p-1. The number of rotatable bonds is 2. The summed E-state index contributed by atoms with van der Waals surface area (Å²) in [6, 6.07) is 3.42. The van der Waals surface area contributed by atoms with Gasteiger partial charge in [-0.2, -0.15) is 13.2 Å². The van der Waals surface area contributed by atoms with E-state index in [-0.39, 0.29) is 5.75 Å². The van der Waals surface area contributed by atoms with Gasteiger partial charge in [-0.1, -0.05) is 0 Å². The fourth-order valence-corrected chi connectivity index (χ4v) is 1.40. The molecule has 0 bridgehead atoms. The summed E-state index contributed by atoms with van der Waals surface area (Å²) in [6.45, 7) is 0.838. The summed E-state index contributed by atoms with van der Waals surface area (Å²) in [4.78, 5) is 10.7. The molecule has 0 amide bonds. The topological polar surface area (TPSA) is 49.4 Å². The molecule has 0 heterocycles. The minimum absolute atomic E-state index is 0.135. The van der Waals surface area contributed by atoms with Crippen LogP contribution in [0.25, 0.3) is 0 Å². The molecule has 0 spiro atoms. The average molecular weight is 239 g/mol. The molecule has 0 aliphatic rings. The van der Waals surface area contributed by atoms with Gasteiger partial charge in [0.05, 0.1) is 5.56 Å². The average Bonchev–Trinajstić information content (AvgIpc) is 2.00. The largest absolute Gasteiger partial charge is 0.769 e. The molecule has 0 radical (unpaired) electrons. The van der Waals surface area contributed by atoms with Crippen LogP contribution in [0.2, 0.25) is 0 Å². The second-order valence-corrected chi connectivity index (χ2v) is 4.61. The predicted molar refractivity (Wildman–Crippen MR) is 45.6 cm³/mol. The Morgan fingerprint density at radius 2 is 1.73 bits per heavy atom. The maximum atomic E-state index is 12.1. The van der Waals surface area contributed by atoms with E-state index in [1.54, 1.807) is 0 Å². The Labute approximate surface area is 84.0 Å². The first kappa shape index (κ1) is 12.1. The van der Waals surface area contributed by atoms with Crippen molar-refractivity contribution in [2.24, 2.45) is 0 Å². The number of hydrogen-bond acceptors (Lipinski definition) is 3. The molecule has 84 valence electrons. The van der Waals surface area contributed by atoms with Crippen LogP contribution in [0.3, 0.4) is 0 Å². The van der Waals surface area contributed by atoms with Crippen LogP contribution in [-0.2, 0) is 10.7 Å². The van der Waals surface area contributed by atoms with E-state index in [0.29, 0.717) is 0 Å². The molecular formula is C8H7F3O3P-. The van der Waals surface area contributed by atoms with Crippen molar-refractivity contribution in [3.05, 3.63) is 29.8 Å². The molecule has 0 aliphatic carbocycles. The molecule has 0 aromatic heterocycles. The van der Waals surface area contributed by atoms with Crippen molar-refractivity contribution in [3.63, 3.8) is 0 Å². The van der Waals surface area contributed by atoms with Crippen LogP contribution < -0.4 is 9.42 Å². The summed E-state index contributed by atoms with van der Waals surface area (Å²) in [7, 11) is -3.97. The van der Waals surface area contributed by atoms with Crippen LogP contribution in [0, 0.1) is 0 Å². The van der Waals surface area contributed by atoms with Gasteiger partial charge in [0, 0.05) is 6.66 Å². The molecule has 0 saturated heterocycles. The molecule has 15 heavy (non-hydrogen) atoms. The Balaban J connectivity index is 2.87. The molecule has 0 aliphatic heterocycles. The van der Waals surface area contributed by atoms with Gasteiger partial charge in [0.2, 0.25) is 0 Å². The molecule has 0 N–H and O–H groups in total. The molecular weight excluding hydrogens is 232 g/mol. The lowest BCUT2D eigenvalue weighted by Gasteiger charge is -2.19. The highest BCUT2D eigenvalue weighted by Gasteiger charge is 2.30. The number of halogens is 3. The minimum atomic E-state index is -4.44. The number of alkyl halides is 3. The molecule has 1 unspecified atom stereocenters. The normalized spacial score (nSPS) is 15.8. The maximum Gasteiger partial charge on any atom is 0.416 e. The van der Waals surface area contributed by atoms with E-state index in [4.69, 9.17) is 0 Å². The van der Waals surface area contributed by atoms with Crippen LogP contribution in [0.1, 0.15) is 5.56 Å². The van der Waals surface area contributed by atoms with E-state index in [2.05, 4.69) is 4.52 Å². The third-order valence-electron chi connectivity index (χ3n) is 1.45. The van der Waals surface area contributed by atoms with E-state index >= 15 is 0 Å². The summed E-state index contributed by atoms with van der Waals surface area (Å²) in [5.41, 5.74) is -0.855. The van der Waals surface area contributed by atoms with E-state index < -0.39 is 19.3 Å². The molecule has 1 aromatic rings. The molecule has 1 aromatic carbocycles. The van der Waals surface area contributed by atoms with Gasteiger partial charge >= 0.3 is 6.18 Å². The van der Waals surface area contributed by atoms with Crippen molar-refractivity contribution in [3.8, 4) is 5.75 Å². The molecule has 1 rings (SSSR count).